The Kier molecular flexibility index (Phi) is 3.53. The third-order valence-electron chi connectivity index (χ3n) is 3.42. The second-order valence-corrected chi connectivity index (χ2v) is 5.29. The molecule has 2 unspecified atom stereocenters. The lowest BCUT2D eigenvalue weighted by molar-refractivity contribution is 0.615. The average molecular weight is 286 g/mol. The molecule has 2 rings (SSSR count). The van der Waals surface area contributed by atoms with Crippen LogP contribution < -0.4 is 4.90 Å². The fourth-order valence-electron chi connectivity index (χ4n) is 2.14. The smallest absolute Gasteiger partial charge is 0.129 e. The zero-order valence-electron chi connectivity index (χ0n) is 9.71. The first kappa shape index (κ1) is 11.9. The number of alkyl halides is 1. The average Bonchev–Trinajstić information content (AvgIpc) is 2.93. The number of halogens is 2. The van der Waals surface area contributed by atoms with Gasteiger partial charge in [0.15, 0.2) is 0 Å². The lowest BCUT2D eigenvalue weighted by Crippen LogP contribution is -2.22. The molecule has 0 bridgehead atoms. The predicted octanol–water partition coefficient (Wildman–Crippen LogP) is 3.81. The maximum absolute atomic E-state index is 13.6. The number of nitrogens with zero attached hydrogens (tertiary/aromatic N) is 1. The van der Waals surface area contributed by atoms with Gasteiger partial charge in [-0.3, -0.25) is 0 Å². The van der Waals surface area contributed by atoms with Gasteiger partial charge in [0.2, 0.25) is 0 Å². The highest BCUT2D eigenvalue weighted by Gasteiger charge is 2.33. The third kappa shape index (κ3) is 2.40. The first-order valence-corrected chi connectivity index (χ1v) is 6.80. The second-order valence-electron chi connectivity index (χ2n) is 4.72. The van der Waals surface area contributed by atoms with Crippen LogP contribution in [0.15, 0.2) is 18.2 Å². The van der Waals surface area contributed by atoms with Crippen LogP contribution in [0.1, 0.15) is 18.9 Å². The van der Waals surface area contributed by atoms with Crippen molar-refractivity contribution in [1.82, 2.24) is 0 Å². The molecule has 1 nitrogen and oxygen atoms in total. The molecule has 0 aliphatic heterocycles. The van der Waals surface area contributed by atoms with Gasteiger partial charge >= 0.3 is 0 Å². The molecule has 0 spiro atoms. The van der Waals surface area contributed by atoms with E-state index in [9.17, 15) is 4.39 Å². The van der Waals surface area contributed by atoms with Crippen LogP contribution in [0.2, 0.25) is 0 Å². The number of hydrogen-bond acceptors (Lipinski definition) is 1. The molecule has 1 aliphatic carbocycles. The SMILES string of the molecule is CC1CC1CN(C)c1cccc(F)c1CBr. The highest BCUT2D eigenvalue weighted by Crippen LogP contribution is 2.39. The summed E-state index contributed by atoms with van der Waals surface area (Å²) in [6.07, 6.45) is 1.31. The molecular formula is C13H17BrFN. The summed E-state index contributed by atoms with van der Waals surface area (Å²) in [6.45, 7) is 3.31. The van der Waals surface area contributed by atoms with Gasteiger partial charge in [-0.15, -0.1) is 0 Å². The molecule has 0 radical (unpaired) electrons. The van der Waals surface area contributed by atoms with Gasteiger partial charge in [0.05, 0.1) is 0 Å². The highest BCUT2D eigenvalue weighted by molar-refractivity contribution is 9.08. The van der Waals surface area contributed by atoms with E-state index in [1.54, 1.807) is 6.07 Å². The van der Waals surface area contributed by atoms with E-state index >= 15 is 0 Å². The van der Waals surface area contributed by atoms with E-state index in [0.717, 1.165) is 29.6 Å². The topological polar surface area (TPSA) is 3.24 Å². The first-order valence-electron chi connectivity index (χ1n) is 5.68. The number of rotatable bonds is 4. The molecule has 1 fully saturated rings. The molecule has 2 atom stereocenters. The van der Waals surface area contributed by atoms with Crippen molar-refractivity contribution in [3.8, 4) is 0 Å². The molecule has 0 saturated heterocycles. The van der Waals surface area contributed by atoms with E-state index in [1.807, 2.05) is 13.1 Å². The van der Waals surface area contributed by atoms with Crippen LogP contribution in [-0.2, 0) is 5.33 Å². The van der Waals surface area contributed by atoms with Crippen LogP contribution in [0.25, 0.3) is 0 Å². The van der Waals surface area contributed by atoms with Crippen LogP contribution in [0.5, 0.6) is 0 Å². The third-order valence-corrected chi connectivity index (χ3v) is 3.98. The summed E-state index contributed by atoms with van der Waals surface area (Å²) >= 11 is 3.35. The summed E-state index contributed by atoms with van der Waals surface area (Å²) in [6, 6.07) is 5.30. The van der Waals surface area contributed by atoms with Crippen molar-refractivity contribution in [1.29, 1.82) is 0 Å². The minimum atomic E-state index is -0.120. The van der Waals surface area contributed by atoms with E-state index in [0.29, 0.717) is 5.33 Å². The molecule has 0 amide bonds. The van der Waals surface area contributed by atoms with E-state index < -0.39 is 0 Å². The van der Waals surface area contributed by atoms with Crippen molar-refractivity contribution in [3.63, 3.8) is 0 Å². The van der Waals surface area contributed by atoms with Gasteiger partial charge in [0.25, 0.3) is 0 Å². The predicted molar refractivity (Wildman–Crippen MR) is 69.6 cm³/mol. The van der Waals surface area contributed by atoms with Gasteiger partial charge in [0, 0.05) is 30.2 Å². The van der Waals surface area contributed by atoms with Crippen molar-refractivity contribution in [2.24, 2.45) is 11.8 Å². The van der Waals surface area contributed by atoms with E-state index in [4.69, 9.17) is 0 Å². The zero-order valence-corrected chi connectivity index (χ0v) is 11.3. The Balaban J connectivity index is 2.15. The molecule has 0 aromatic heterocycles. The minimum absolute atomic E-state index is 0.120. The summed E-state index contributed by atoms with van der Waals surface area (Å²) in [4.78, 5) is 2.17. The van der Waals surface area contributed by atoms with Crippen molar-refractivity contribution < 1.29 is 4.39 Å². The molecule has 1 saturated carbocycles. The Morgan fingerprint density at radius 3 is 2.75 bits per heavy atom. The van der Waals surface area contributed by atoms with E-state index in [1.165, 1.54) is 12.5 Å². The second kappa shape index (κ2) is 4.74. The van der Waals surface area contributed by atoms with Crippen LogP contribution in [0.3, 0.4) is 0 Å². The Labute approximate surface area is 105 Å². The molecule has 16 heavy (non-hydrogen) atoms. The van der Waals surface area contributed by atoms with Crippen LogP contribution >= 0.6 is 15.9 Å². The Bertz CT molecular complexity index is 380. The number of hydrogen-bond donors (Lipinski definition) is 0. The van der Waals surface area contributed by atoms with Crippen LogP contribution in [0.4, 0.5) is 10.1 Å². The Morgan fingerprint density at radius 2 is 2.19 bits per heavy atom. The molecule has 3 heteroatoms. The van der Waals surface area contributed by atoms with Crippen LogP contribution in [-0.4, -0.2) is 13.6 Å². The molecule has 1 aromatic rings. The van der Waals surface area contributed by atoms with Crippen molar-refractivity contribution in [3.05, 3.63) is 29.6 Å². The summed E-state index contributed by atoms with van der Waals surface area (Å²) in [5.41, 5.74) is 1.77. The lowest BCUT2D eigenvalue weighted by Gasteiger charge is -2.22. The summed E-state index contributed by atoms with van der Waals surface area (Å²) in [5.74, 6) is 1.50. The molecular weight excluding hydrogens is 269 g/mol. The lowest BCUT2D eigenvalue weighted by atomic mass is 10.1. The van der Waals surface area contributed by atoms with Crippen molar-refractivity contribution >= 4 is 21.6 Å². The molecule has 1 aliphatic rings. The monoisotopic (exact) mass is 285 g/mol. The van der Waals surface area contributed by atoms with Crippen molar-refractivity contribution in [2.45, 2.75) is 18.7 Å². The summed E-state index contributed by atoms with van der Waals surface area (Å²) < 4.78 is 13.6. The zero-order chi connectivity index (χ0) is 11.7. The molecule has 0 N–H and O–H groups in total. The fraction of sp³-hybridized carbons (Fsp3) is 0.538. The Hall–Kier alpha value is -0.570. The minimum Gasteiger partial charge on any atom is -0.374 e. The molecule has 88 valence electrons. The number of benzene rings is 1. The van der Waals surface area contributed by atoms with Gasteiger partial charge in [0.1, 0.15) is 5.82 Å². The van der Waals surface area contributed by atoms with Gasteiger partial charge in [-0.05, 0) is 30.4 Å². The highest BCUT2D eigenvalue weighted by atomic mass is 79.9. The van der Waals surface area contributed by atoms with E-state index in [2.05, 4.69) is 27.8 Å². The van der Waals surface area contributed by atoms with Crippen LogP contribution in [0, 0.1) is 17.7 Å². The normalized spacial score (nSPS) is 23.2. The molecule has 1 aromatic carbocycles. The van der Waals surface area contributed by atoms with Gasteiger partial charge < -0.3 is 4.90 Å². The maximum Gasteiger partial charge on any atom is 0.129 e. The first-order chi connectivity index (χ1) is 7.63. The fourth-order valence-corrected chi connectivity index (χ4v) is 2.70. The van der Waals surface area contributed by atoms with Gasteiger partial charge in [-0.25, -0.2) is 4.39 Å². The molecule has 0 heterocycles. The largest absolute Gasteiger partial charge is 0.374 e. The van der Waals surface area contributed by atoms with Gasteiger partial charge in [-0.2, -0.15) is 0 Å². The van der Waals surface area contributed by atoms with Crippen molar-refractivity contribution in [2.75, 3.05) is 18.5 Å². The van der Waals surface area contributed by atoms with E-state index in [-0.39, 0.29) is 5.82 Å². The number of anilines is 1. The quantitative estimate of drug-likeness (QED) is 0.761. The summed E-state index contributed by atoms with van der Waals surface area (Å²) in [7, 11) is 2.05. The summed E-state index contributed by atoms with van der Waals surface area (Å²) in [5, 5.41) is 0.569. The maximum atomic E-state index is 13.6. The van der Waals surface area contributed by atoms with Gasteiger partial charge in [-0.1, -0.05) is 28.9 Å². The standard InChI is InChI=1S/C13H17BrFN/c1-9-6-10(9)8-16(2)13-5-3-4-12(15)11(13)7-14/h3-5,9-10H,6-8H2,1-2H3. The Morgan fingerprint density at radius 1 is 1.50 bits per heavy atom.